The van der Waals surface area contributed by atoms with E-state index in [1.54, 1.807) is 13.1 Å². The molecule has 1 saturated heterocycles. The zero-order valence-corrected chi connectivity index (χ0v) is 12.7. The topological polar surface area (TPSA) is 46.8 Å². The lowest BCUT2D eigenvalue weighted by molar-refractivity contribution is 0.241. The van der Waals surface area contributed by atoms with Crippen LogP contribution in [0.5, 0.6) is 0 Å². The Labute approximate surface area is 124 Å². The first-order chi connectivity index (χ1) is 9.61. The minimum Gasteiger partial charge on any atom is -0.289 e. The van der Waals surface area contributed by atoms with Gasteiger partial charge in [-0.25, -0.2) is 4.39 Å². The summed E-state index contributed by atoms with van der Waals surface area (Å²) in [5.74, 6) is 0.494. The molecule has 5 nitrogen and oxygen atoms in total. The van der Waals surface area contributed by atoms with Gasteiger partial charge in [0.2, 0.25) is 0 Å². The predicted octanol–water partition coefficient (Wildman–Crippen LogP) is 2.45. The fourth-order valence-electron chi connectivity index (χ4n) is 2.73. The van der Waals surface area contributed by atoms with Gasteiger partial charge in [-0.05, 0) is 48.4 Å². The van der Waals surface area contributed by atoms with Crippen molar-refractivity contribution in [1.29, 1.82) is 0 Å². The summed E-state index contributed by atoms with van der Waals surface area (Å²) in [5.41, 5.74) is 0.998. The highest BCUT2D eigenvalue weighted by atomic mass is 79.9. The molecule has 0 spiro atoms. The van der Waals surface area contributed by atoms with Crippen LogP contribution < -0.4 is 0 Å². The molecule has 1 unspecified atom stereocenters. The van der Waals surface area contributed by atoms with E-state index in [0.29, 0.717) is 12.4 Å². The molecule has 2 aromatic rings. The van der Waals surface area contributed by atoms with E-state index in [-0.39, 0.29) is 11.9 Å². The molecule has 0 saturated carbocycles. The number of rotatable bonds is 3. The quantitative estimate of drug-likeness (QED) is 0.861. The summed E-state index contributed by atoms with van der Waals surface area (Å²) in [6.45, 7) is 1.61. The number of hydrogen-bond donors (Lipinski definition) is 0. The lowest BCUT2D eigenvalue weighted by Gasteiger charge is -2.23. The maximum absolute atomic E-state index is 13.6. The van der Waals surface area contributed by atoms with Crippen molar-refractivity contribution in [3.63, 3.8) is 0 Å². The van der Waals surface area contributed by atoms with E-state index in [9.17, 15) is 4.39 Å². The Hall–Kier alpha value is -1.34. The number of hydrogen-bond acceptors (Lipinski definition) is 4. The summed E-state index contributed by atoms with van der Waals surface area (Å²) in [6.07, 6.45) is 2.12. The minimum atomic E-state index is -0.209. The van der Waals surface area contributed by atoms with E-state index in [0.717, 1.165) is 29.4 Å². The van der Waals surface area contributed by atoms with E-state index in [2.05, 4.69) is 36.2 Å². The molecule has 0 radical (unpaired) electrons. The summed E-state index contributed by atoms with van der Waals surface area (Å²) in [6, 6.07) is 5.28. The number of tetrazole rings is 1. The minimum absolute atomic E-state index is 0.209. The molecule has 0 N–H and O–H groups in total. The van der Waals surface area contributed by atoms with Crippen LogP contribution in [0, 0.1) is 5.82 Å². The van der Waals surface area contributed by atoms with Crippen molar-refractivity contribution >= 4 is 15.9 Å². The van der Waals surface area contributed by atoms with Crippen LogP contribution in [-0.2, 0) is 13.6 Å². The van der Waals surface area contributed by atoms with Crippen LogP contribution in [0.2, 0.25) is 0 Å². The Kier molecular flexibility index (Phi) is 3.80. The van der Waals surface area contributed by atoms with Gasteiger partial charge in [0.15, 0.2) is 5.82 Å². The zero-order chi connectivity index (χ0) is 14.1. The van der Waals surface area contributed by atoms with Gasteiger partial charge in [0, 0.05) is 10.5 Å². The smallest absolute Gasteiger partial charge is 0.188 e. The lowest BCUT2D eigenvalue weighted by atomic mass is 10.0. The molecule has 1 aromatic heterocycles. The van der Waals surface area contributed by atoms with Gasteiger partial charge in [-0.15, -0.1) is 10.2 Å². The number of benzene rings is 1. The molecule has 1 atom stereocenters. The molecule has 1 aliphatic heterocycles. The van der Waals surface area contributed by atoms with Crippen molar-refractivity contribution in [2.75, 3.05) is 6.54 Å². The largest absolute Gasteiger partial charge is 0.289 e. The highest BCUT2D eigenvalue weighted by molar-refractivity contribution is 9.10. The molecule has 106 valence electrons. The number of aryl methyl sites for hydroxylation is 1. The maximum Gasteiger partial charge on any atom is 0.188 e. The molecule has 0 aliphatic carbocycles. The van der Waals surface area contributed by atoms with Crippen molar-refractivity contribution in [1.82, 2.24) is 25.1 Å². The highest BCUT2D eigenvalue weighted by Gasteiger charge is 2.27. The van der Waals surface area contributed by atoms with E-state index >= 15 is 0 Å². The van der Waals surface area contributed by atoms with E-state index in [1.807, 2.05) is 6.07 Å². The normalized spacial score (nSPS) is 19.6. The fraction of sp³-hybridized carbons (Fsp3) is 0.462. The summed E-state index contributed by atoms with van der Waals surface area (Å²) in [4.78, 5) is 3.73. The Morgan fingerprint density at radius 2 is 2.25 bits per heavy atom. The first kappa shape index (κ1) is 13.6. The second-order valence-corrected chi connectivity index (χ2v) is 5.94. The second-order valence-electron chi connectivity index (χ2n) is 5.03. The summed E-state index contributed by atoms with van der Waals surface area (Å²) in [7, 11) is 1.75. The number of halogens is 2. The Balaban J connectivity index is 1.81. The number of nitrogens with zero attached hydrogens (tertiary/aromatic N) is 5. The van der Waals surface area contributed by atoms with E-state index in [4.69, 9.17) is 0 Å². The molecule has 1 aliphatic rings. The van der Waals surface area contributed by atoms with Crippen LogP contribution in [0.15, 0.2) is 22.7 Å². The van der Waals surface area contributed by atoms with Crippen LogP contribution in [-0.4, -0.2) is 31.7 Å². The van der Waals surface area contributed by atoms with Crippen LogP contribution >= 0.6 is 15.9 Å². The van der Waals surface area contributed by atoms with E-state index in [1.165, 1.54) is 10.9 Å². The molecular formula is C13H15BrFN5. The zero-order valence-electron chi connectivity index (χ0n) is 11.1. The van der Waals surface area contributed by atoms with Gasteiger partial charge in [-0.1, -0.05) is 15.9 Å². The van der Waals surface area contributed by atoms with Crippen molar-refractivity contribution in [3.8, 4) is 0 Å². The molecule has 0 bridgehead atoms. The summed E-state index contributed by atoms with van der Waals surface area (Å²) >= 11 is 3.35. The van der Waals surface area contributed by atoms with Gasteiger partial charge in [0.05, 0.1) is 13.6 Å². The van der Waals surface area contributed by atoms with Crippen molar-refractivity contribution < 1.29 is 4.39 Å². The van der Waals surface area contributed by atoms with Gasteiger partial charge in [0.1, 0.15) is 5.82 Å². The third-order valence-corrected chi connectivity index (χ3v) is 3.99. The highest BCUT2D eigenvalue weighted by Crippen LogP contribution is 2.34. The van der Waals surface area contributed by atoms with Gasteiger partial charge < -0.3 is 0 Å². The average Bonchev–Trinajstić information content (AvgIpc) is 2.98. The summed E-state index contributed by atoms with van der Waals surface area (Å²) in [5, 5.41) is 12.1. The Morgan fingerprint density at radius 1 is 1.40 bits per heavy atom. The van der Waals surface area contributed by atoms with Crippen molar-refractivity contribution in [3.05, 3.63) is 39.9 Å². The molecule has 3 rings (SSSR count). The summed E-state index contributed by atoms with van der Waals surface area (Å²) < 4.78 is 14.3. The maximum atomic E-state index is 13.6. The molecule has 0 amide bonds. The van der Waals surface area contributed by atoms with Crippen LogP contribution in [0.1, 0.15) is 30.3 Å². The monoisotopic (exact) mass is 339 g/mol. The standard InChI is InChI=1S/C13H15BrFN5/c1-19-17-13(16-18-19)8-20-4-2-3-12(20)9-5-10(14)7-11(15)6-9/h5-7,12H,2-4,8H2,1H3. The predicted molar refractivity (Wildman–Crippen MR) is 75.3 cm³/mol. The Morgan fingerprint density at radius 3 is 2.95 bits per heavy atom. The van der Waals surface area contributed by atoms with Crippen molar-refractivity contribution in [2.24, 2.45) is 7.05 Å². The molecule has 7 heteroatoms. The average molecular weight is 340 g/mol. The van der Waals surface area contributed by atoms with Crippen LogP contribution in [0.4, 0.5) is 4.39 Å². The fourth-order valence-corrected chi connectivity index (χ4v) is 3.21. The van der Waals surface area contributed by atoms with Gasteiger partial charge in [-0.2, -0.15) is 4.80 Å². The molecule has 2 heterocycles. The lowest BCUT2D eigenvalue weighted by Crippen LogP contribution is -2.23. The Bertz CT molecular complexity index is 594. The number of likely N-dealkylation sites (tertiary alicyclic amines) is 1. The third kappa shape index (κ3) is 2.88. The van der Waals surface area contributed by atoms with Crippen LogP contribution in [0.3, 0.4) is 0 Å². The molecular weight excluding hydrogens is 325 g/mol. The second kappa shape index (κ2) is 5.57. The number of aromatic nitrogens is 4. The molecule has 1 aromatic carbocycles. The van der Waals surface area contributed by atoms with Crippen LogP contribution in [0.25, 0.3) is 0 Å². The van der Waals surface area contributed by atoms with Gasteiger partial charge in [-0.3, -0.25) is 4.90 Å². The van der Waals surface area contributed by atoms with E-state index < -0.39 is 0 Å². The van der Waals surface area contributed by atoms with Gasteiger partial charge >= 0.3 is 0 Å². The first-order valence-electron chi connectivity index (χ1n) is 6.55. The van der Waals surface area contributed by atoms with Gasteiger partial charge in [0.25, 0.3) is 0 Å². The third-order valence-electron chi connectivity index (χ3n) is 3.53. The SMILES string of the molecule is Cn1nnc(CN2CCCC2c2cc(F)cc(Br)c2)n1. The molecule has 20 heavy (non-hydrogen) atoms. The van der Waals surface area contributed by atoms with Crippen molar-refractivity contribution in [2.45, 2.75) is 25.4 Å². The first-order valence-corrected chi connectivity index (χ1v) is 7.34. The molecule has 1 fully saturated rings.